The van der Waals surface area contributed by atoms with Crippen molar-refractivity contribution in [2.45, 2.75) is 19.8 Å². The molecule has 1 aromatic heterocycles. The van der Waals surface area contributed by atoms with Crippen LogP contribution in [0.4, 0.5) is 0 Å². The highest BCUT2D eigenvalue weighted by Crippen LogP contribution is 2.26. The molecule has 0 fully saturated rings. The van der Waals surface area contributed by atoms with Gasteiger partial charge in [0.15, 0.2) is 5.15 Å². The van der Waals surface area contributed by atoms with E-state index in [1.165, 1.54) is 0 Å². The van der Waals surface area contributed by atoms with E-state index in [0.29, 0.717) is 5.15 Å². The molecule has 3 nitrogen and oxygen atoms in total. The highest BCUT2D eigenvalue weighted by atomic mass is 35.5. The number of imidazole rings is 1. The fourth-order valence-electron chi connectivity index (χ4n) is 1.09. The van der Waals surface area contributed by atoms with Crippen molar-refractivity contribution < 1.29 is 5.11 Å². The van der Waals surface area contributed by atoms with Gasteiger partial charge in [0.2, 0.25) is 0 Å². The average molecular weight is 175 g/mol. The van der Waals surface area contributed by atoms with Gasteiger partial charge in [0.1, 0.15) is 0 Å². The maximum Gasteiger partial charge on any atom is 0.295 e. The van der Waals surface area contributed by atoms with E-state index in [2.05, 4.69) is 4.98 Å². The lowest BCUT2D eigenvalue weighted by Crippen LogP contribution is -1.97. The van der Waals surface area contributed by atoms with Crippen molar-refractivity contribution in [3.8, 4) is 6.01 Å². The summed E-state index contributed by atoms with van der Waals surface area (Å²) in [4.78, 5) is 3.72. The molecule has 0 bridgehead atoms. The summed E-state index contributed by atoms with van der Waals surface area (Å²) in [7, 11) is 1.74. The van der Waals surface area contributed by atoms with Crippen LogP contribution in [-0.4, -0.2) is 14.7 Å². The minimum absolute atomic E-state index is 0.0290. The van der Waals surface area contributed by atoms with Crippen molar-refractivity contribution >= 4 is 11.6 Å². The standard InChI is InChI=1S/C7H11ClN2O/c1-4(2)5-6(8)9-7(11)10(5)3/h4H,1-3H3,(H,9,11). The summed E-state index contributed by atoms with van der Waals surface area (Å²) >= 11 is 5.75. The van der Waals surface area contributed by atoms with Gasteiger partial charge in [-0.2, -0.15) is 4.98 Å². The molecule has 0 saturated heterocycles. The lowest BCUT2D eigenvalue weighted by Gasteiger charge is -2.05. The molecular weight excluding hydrogens is 164 g/mol. The van der Waals surface area contributed by atoms with Gasteiger partial charge < -0.3 is 5.11 Å². The lowest BCUT2D eigenvalue weighted by atomic mass is 10.1. The van der Waals surface area contributed by atoms with Gasteiger partial charge in [-0.3, -0.25) is 4.57 Å². The van der Waals surface area contributed by atoms with E-state index < -0.39 is 0 Å². The Morgan fingerprint density at radius 2 is 2.09 bits per heavy atom. The summed E-state index contributed by atoms with van der Waals surface area (Å²) in [6.45, 7) is 4.00. The second kappa shape index (κ2) is 2.74. The summed E-state index contributed by atoms with van der Waals surface area (Å²) in [6, 6.07) is -0.0290. The van der Waals surface area contributed by atoms with Gasteiger partial charge in [-0.05, 0) is 5.92 Å². The molecule has 0 aliphatic heterocycles. The van der Waals surface area contributed by atoms with Crippen LogP contribution in [0.5, 0.6) is 6.01 Å². The van der Waals surface area contributed by atoms with Crippen LogP contribution in [0.3, 0.4) is 0 Å². The van der Waals surface area contributed by atoms with Crippen LogP contribution in [0.1, 0.15) is 25.5 Å². The molecular formula is C7H11ClN2O. The summed E-state index contributed by atoms with van der Waals surface area (Å²) < 4.78 is 1.59. The molecule has 4 heteroatoms. The number of hydrogen-bond acceptors (Lipinski definition) is 2. The van der Waals surface area contributed by atoms with E-state index in [1.807, 2.05) is 13.8 Å². The van der Waals surface area contributed by atoms with Gasteiger partial charge in [-0.1, -0.05) is 25.4 Å². The first-order valence-corrected chi connectivity index (χ1v) is 3.83. The molecule has 1 rings (SSSR count). The van der Waals surface area contributed by atoms with Crippen LogP contribution >= 0.6 is 11.6 Å². The number of nitrogens with zero attached hydrogens (tertiary/aromatic N) is 2. The largest absolute Gasteiger partial charge is 0.480 e. The second-order valence-electron chi connectivity index (χ2n) is 2.80. The minimum Gasteiger partial charge on any atom is -0.480 e. The molecule has 0 atom stereocenters. The number of rotatable bonds is 1. The number of aromatic nitrogens is 2. The zero-order valence-corrected chi connectivity index (χ0v) is 7.55. The monoisotopic (exact) mass is 174 g/mol. The van der Waals surface area contributed by atoms with Gasteiger partial charge in [0.05, 0.1) is 5.69 Å². The van der Waals surface area contributed by atoms with Crippen molar-refractivity contribution in [1.82, 2.24) is 9.55 Å². The van der Waals surface area contributed by atoms with Crippen LogP contribution in [-0.2, 0) is 7.05 Å². The molecule has 0 unspecified atom stereocenters. The molecule has 1 aromatic rings. The Labute approximate surface area is 70.6 Å². The van der Waals surface area contributed by atoms with E-state index in [9.17, 15) is 0 Å². The molecule has 0 amide bonds. The second-order valence-corrected chi connectivity index (χ2v) is 3.16. The first kappa shape index (κ1) is 8.40. The van der Waals surface area contributed by atoms with Crippen molar-refractivity contribution in [2.75, 3.05) is 0 Å². The lowest BCUT2D eigenvalue weighted by molar-refractivity contribution is 0.408. The summed E-state index contributed by atoms with van der Waals surface area (Å²) in [5.74, 6) is 0.279. The van der Waals surface area contributed by atoms with E-state index in [4.69, 9.17) is 16.7 Å². The van der Waals surface area contributed by atoms with Crippen LogP contribution in [0.15, 0.2) is 0 Å². The van der Waals surface area contributed by atoms with E-state index in [0.717, 1.165) is 5.69 Å². The highest BCUT2D eigenvalue weighted by molar-refractivity contribution is 6.30. The zero-order valence-electron chi connectivity index (χ0n) is 6.80. The van der Waals surface area contributed by atoms with Crippen molar-refractivity contribution in [3.05, 3.63) is 10.8 Å². The molecule has 0 saturated carbocycles. The van der Waals surface area contributed by atoms with E-state index in [1.54, 1.807) is 11.6 Å². The SMILES string of the molecule is CC(C)c1c(Cl)nc(O)n1C. The van der Waals surface area contributed by atoms with Crippen LogP contribution in [0, 0.1) is 0 Å². The molecule has 62 valence electrons. The van der Waals surface area contributed by atoms with Crippen LogP contribution in [0.25, 0.3) is 0 Å². The predicted octanol–water partition coefficient (Wildman–Crippen LogP) is 1.90. The molecule has 0 spiro atoms. The quantitative estimate of drug-likeness (QED) is 0.706. The van der Waals surface area contributed by atoms with Crippen LogP contribution < -0.4 is 0 Å². The van der Waals surface area contributed by atoms with Gasteiger partial charge in [-0.15, -0.1) is 0 Å². The van der Waals surface area contributed by atoms with Crippen molar-refractivity contribution in [2.24, 2.45) is 7.05 Å². The highest BCUT2D eigenvalue weighted by Gasteiger charge is 2.14. The molecule has 1 N–H and O–H groups in total. The molecule has 11 heavy (non-hydrogen) atoms. The van der Waals surface area contributed by atoms with Gasteiger partial charge in [-0.25, -0.2) is 0 Å². The first-order chi connectivity index (χ1) is 5.04. The topological polar surface area (TPSA) is 38.1 Å². The molecule has 0 aliphatic rings. The first-order valence-electron chi connectivity index (χ1n) is 3.45. The average Bonchev–Trinajstić information content (AvgIpc) is 2.07. The third kappa shape index (κ3) is 1.33. The number of hydrogen-bond donors (Lipinski definition) is 1. The summed E-state index contributed by atoms with van der Waals surface area (Å²) in [5.41, 5.74) is 0.865. The molecule has 1 heterocycles. The van der Waals surface area contributed by atoms with Gasteiger partial charge in [0.25, 0.3) is 6.01 Å². The maximum absolute atomic E-state index is 9.14. The van der Waals surface area contributed by atoms with Gasteiger partial charge >= 0.3 is 0 Å². The fourth-order valence-corrected chi connectivity index (χ4v) is 1.51. The maximum atomic E-state index is 9.14. The fraction of sp³-hybridized carbons (Fsp3) is 0.571. The zero-order chi connectivity index (χ0) is 8.59. The third-order valence-corrected chi connectivity index (χ3v) is 1.90. The Hall–Kier alpha value is -0.700. The molecule has 0 radical (unpaired) electrons. The third-order valence-electron chi connectivity index (χ3n) is 1.62. The number of halogens is 1. The Bertz CT molecular complexity index is 268. The van der Waals surface area contributed by atoms with Crippen LogP contribution in [0.2, 0.25) is 5.15 Å². The minimum atomic E-state index is -0.0290. The Balaban J connectivity index is 3.22. The normalized spacial score (nSPS) is 11.0. The van der Waals surface area contributed by atoms with E-state index >= 15 is 0 Å². The molecule has 0 aliphatic carbocycles. The Morgan fingerprint density at radius 3 is 2.27 bits per heavy atom. The predicted molar refractivity (Wildman–Crippen MR) is 44.0 cm³/mol. The Kier molecular flexibility index (Phi) is 2.09. The number of aromatic hydroxyl groups is 1. The van der Waals surface area contributed by atoms with E-state index in [-0.39, 0.29) is 11.9 Å². The van der Waals surface area contributed by atoms with Gasteiger partial charge in [0, 0.05) is 7.05 Å². The Morgan fingerprint density at radius 1 is 1.55 bits per heavy atom. The smallest absolute Gasteiger partial charge is 0.295 e. The van der Waals surface area contributed by atoms with Crippen molar-refractivity contribution in [3.63, 3.8) is 0 Å². The molecule has 0 aromatic carbocycles. The summed E-state index contributed by atoms with van der Waals surface area (Å²) in [6.07, 6.45) is 0. The summed E-state index contributed by atoms with van der Waals surface area (Å²) in [5, 5.41) is 9.53. The van der Waals surface area contributed by atoms with Crippen molar-refractivity contribution in [1.29, 1.82) is 0 Å².